The first-order valence-electron chi connectivity index (χ1n) is 7.70. The van der Waals surface area contributed by atoms with Gasteiger partial charge in [-0.3, -0.25) is 4.79 Å². The summed E-state index contributed by atoms with van der Waals surface area (Å²) in [5.41, 5.74) is 2.56. The van der Waals surface area contributed by atoms with Crippen LogP contribution in [0.4, 0.5) is 10.2 Å². The Balaban J connectivity index is 1.85. The number of benzene rings is 1. The van der Waals surface area contributed by atoms with Crippen LogP contribution in [0.5, 0.6) is 0 Å². The van der Waals surface area contributed by atoms with Crippen molar-refractivity contribution in [1.82, 2.24) is 9.88 Å². The monoisotopic (exact) mass is 313 g/mol. The number of rotatable bonds is 2. The molecular formula is C18H20FN3O. The van der Waals surface area contributed by atoms with Crippen molar-refractivity contribution < 1.29 is 9.18 Å². The molecule has 5 heteroatoms. The smallest absolute Gasteiger partial charge is 0.255 e. The molecule has 0 bridgehead atoms. The summed E-state index contributed by atoms with van der Waals surface area (Å²) in [7, 11) is 3.81. The van der Waals surface area contributed by atoms with Gasteiger partial charge in [0, 0.05) is 26.8 Å². The Hall–Kier alpha value is -2.43. The lowest BCUT2D eigenvalue weighted by molar-refractivity contribution is 0.0677. The van der Waals surface area contributed by atoms with Gasteiger partial charge in [-0.15, -0.1) is 0 Å². The summed E-state index contributed by atoms with van der Waals surface area (Å²) in [5.74, 6) is 0.479. The molecule has 1 aromatic carbocycles. The zero-order chi connectivity index (χ0) is 16.6. The minimum absolute atomic E-state index is 0.0646. The maximum Gasteiger partial charge on any atom is 0.255 e. The van der Waals surface area contributed by atoms with E-state index in [0.717, 1.165) is 23.4 Å². The predicted octanol–water partition coefficient (Wildman–Crippen LogP) is 3.05. The van der Waals surface area contributed by atoms with Crippen LogP contribution in [0.1, 0.15) is 34.5 Å². The highest BCUT2D eigenvalue weighted by Gasteiger charge is 2.28. The predicted molar refractivity (Wildman–Crippen MR) is 88.1 cm³/mol. The maximum atomic E-state index is 13.5. The zero-order valence-electron chi connectivity index (χ0n) is 13.6. The molecule has 0 radical (unpaired) electrons. The van der Waals surface area contributed by atoms with E-state index in [1.165, 1.54) is 12.1 Å². The van der Waals surface area contributed by atoms with Crippen LogP contribution in [0.15, 0.2) is 36.5 Å². The van der Waals surface area contributed by atoms with Crippen molar-refractivity contribution in [2.24, 2.45) is 0 Å². The topological polar surface area (TPSA) is 36.4 Å². The van der Waals surface area contributed by atoms with Crippen LogP contribution in [0.3, 0.4) is 0 Å². The van der Waals surface area contributed by atoms with Crippen LogP contribution in [0, 0.1) is 5.82 Å². The number of halogens is 1. The number of anilines is 1. The second-order valence-electron chi connectivity index (χ2n) is 6.07. The highest BCUT2D eigenvalue weighted by atomic mass is 19.1. The third-order valence-corrected chi connectivity index (χ3v) is 4.36. The number of aromatic nitrogens is 1. The molecule has 1 atom stereocenters. The average Bonchev–Trinajstić information content (AvgIpc) is 2.55. The average molecular weight is 313 g/mol. The molecule has 0 aliphatic carbocycles. The molecule has 1 aromatic heterocycles. The van der Waals surface area contributed by atoms with E-state index in [1.54, 1.807) is 17.2 Å². The quantitative estimate of drug-likeness (QED) is 0.855. The number of pyridine rings is 1. The number of carbonyl (C=O) groups is 1. The van der Waals surface area contributed by atoms with E-state index < -0.39 is 0 Å². The Labute approximate surface area is 135 Å². The lowest BCUT2D eigenvalue weighted by atomic mass is 9.93. The summed E-state index contributed by atoms with van der Waals surface area (Å²) in [6, 6.07) is 8.31. The SMILES string of the molecule is C[C@H]1c2cc(F)ccc2CCN1C(=O)c1ccc(N(C)C)nc1. The van der Waals surface area contributed by atoms with E-state index in [9.17, 15) is 9.18 Å². The van der Waals surface area contributed by atoms with Crippen LogP contribution in [0.25, 0.3) is 0 Å². The zero-order valence-corrected chi connectivity index (χ0v) is 13.6. The maximum absolute atomic E-state index is 13.5. The Morgan fingerprint density at radius 1 is 1.30 bits per heavy atom. The number of hydrogen-bond donors (Lipinski definition) is 0. The normalized spacial score (nSPS) is 16.9. The number of amides is 1. The van der Waals surface area contributed by atoms with E-state index in [0.29, 0.717) is 12.1 Å². The third-order valence-electron chi connectivity index (χ3n) is 4.36. The Morgan fingerprint density at radius 3 is 2.74 bits per heavy atom. The summed E-state index contributed by atoms with van der Waals surface area (Å²) >= 11 is 0. The molecule has 0 spiro atoms. The molecule has 1 aliphatic rings. The van der Waals surface area contributed by atoms with Gasteiger partial charge < -0.3 is 9.80 Å². The van der Waals surface area contributed by atoms with Gasteiger partial charge in [0.25, 0.3) is 5.91 Å². The van der Waals surface area contributed by atoms with Gasteiger partial charge in [0.1, 0.15) is 11.6 Å². The molecule has 120 valence electrons. The molecule has 0 N–H and O–H groups in total. The van der Waals surface area contributed by atoms with Crippen LogP contribution in [-0.4, -0.2) is 36.4 Å². The highest BCUT2D eigenvalue weighted by molar-refractivity contribution is 5.94. The second kappa shape index (κ2) is 5.99. The van der Waals surface area contributed by atoms with Gasteiger partial charge in [-0.2, -0.15) is 0 Å². The first-order valence-corrected chi connectivity index (χ1v) is 7.70. The van der Waals surface area contributed by atoms with Gasteiger partial charge >= 0.3 is 0 Å². The molecule has 2 heterocycles. The van der Waals surface area contributed by atoms with E-state index in [-0.39, 0.29) is 17.8 Å². The van der Waals surface area contributed by atoms with Gasteiger partial charge in [-0.25, -0.2) is 9.37 Å². The number of nitrogens with zero attached hydrogens (tertiary/aromatic N) is 3. The summed E-state index contributed by atoms with van der Waals surface area (Å²) in [6.07, 6.45) is 2.35. The standard InChI is InChI=1S/C18H20FN3O/c1-12-16-10-15(19)6-4-13(16)8-9-22(12)18(23)14-5-7-17(20-11-14)21(2)3/h4-7,10-12H,8-9H2,1-3H3/t12-/m0/s1. The first-order chi connectivity index (χ1) is 11.0. The molecule has 3 rings (SSSR count). The minimum atomic E-state index is -0.262. The minimum Gasteiger partial charge on any atom is -0.363 e. The Morgan fingerprint density at radius 2 is 2.09 bits per heavy atom. The number of carbonyl (C=O) groups excluding carboxylic acids is 1. The van der Waals surface area contributed by atoms with Gasteiger partial charge in [0.15, 0.2) is 0 Å². The third kappa shape index (κ3) is 2.91. The molecule has 0 unspecified atom stereocenters. The van der Waals surface area contributed by atoms with Gasteiger partial charge in [0.05, 0.1) is 11.6 Å². The molecule has 23 heavy (non-hydrogen) atoms. The van der Waals surface area contributed by atoms with Gasteiger partial charge in [0.2, 0.25) is 0 Å². The molecule has 1 amide bonds. The van der Waals surface area contributed by atoms with E-state index in [2.05, 4.69) is 4.98 Å². The molecule has 0 fully saturated rings. The fraction of sp³-hybridized carbons (Fsp3) is 0.333. The van der Waals surface area contributed by atoms with Crippen molar-refractivity contribution in [2.45, 2.75) is 19.4 Å². The van der Waals surface area contributed by atoms with E-state index >= 15 is 0 Å². The summed E-state index contributed by atoms with van der Waals surface area (Å²) in [5, 5.41) is 0. The molecular weight excluding hydrogens is 293 g/mol. The summed E-state index contributed by atoms with van der Waals surface area (Å²) in [4.78, 5) is 20.7. The van der Waals surface area contributed by atoms with Crippen molar-refractivity contribution in [2.75, 3.05) is 25.5 Å². The van der Waals surface area contributed by atoms with Crippen LogP contribution in [-0.2, 0) is 6.42 Å². The van der Waals surface area contributed by atoms with Crippen molar-refractivity contribution >= 4 is 11.7 Å². The Bertz CT molecular complexity index is 728. The lowest BCUT2D eigenvalue weighted by Crippen LogP contribution is -2.39. The van der Waals surface area contributed by atoms with Gasteiger partial charge in [-0.1, -0.05) is 6.07 Å². The molecule has 4 nitrogen and oxygen atoms in total. The lowest BCUT2D eigenvalue weighted by Gasteiger charge is -2.35. The largest absolute Gasteiger partial charge is 0.363 e. The van der Waals surface area contributed by atoms with Gasteiger partial charge in [-0.05, 0) is 48.7 Å². The van der Waals surface area contributed by atoms with E-state index in [1.807, 2.05) is 38.1 Å². The second-order valence-corrected chi connectivity index (χ2v) is 6.07. The van der Waals surface area contributed by atoms with Crippen molar-refractivity contribution in [3.05, 3.63) is 59.0 Å². The van der Waals surface area contributed by atoms with E-state index in [4.69, 9.17) is 0 Å². The molecule has 1 aliphatic heterocycles. The van der Waals surface area contributed by atoms with Crippen molar-refractivity contribution in [1.29, 1.82) is 0 Å². The fourth-order valence-electron chi connectivity index (χ4n) is 3.01. The van der Waals surface area contributed by atoms with Crippen LogP contribution >= 0.6 is 0 Å². The summed E-state index contributed by atoms with van der Waals surface area (Å²) in [6.45, 7) is 2.57. The van der Waals surface area contributed by atoms with Crippen LogP contribution < -0.4 is 4.90 Å². The Kier molecular flexibility index (Phi) is 4.03. The van der Waals surface area contributed by atoms with Crippen molar-refractivity contribution in [3.63, 3.8) is 0 Å². The number of fused-ring (bicyclic) bond motifs is 1. The first kappa shape index (κ1) is 15.5. The summed E-state index contributed by atoms with van der Waals surface area (Å²) < 4.78 is 13.5. The fourth-order valence-corrected chi connectivity index (χ4v) is 3.01. The molecule has 0 saturated heterocycles. The molecule has 0 saturated carbocycles. The van der Waals surface area contributed by atoms with Crippen molar-refractivity contribution in [3.8, 4) is 0 Å². The highest BCUT2D eigenvalue weighted by Crippen LogP contribution is 2.31. The molecule has 2 aromatic rings. The van der Waals surface area contributed by atoms with Crippen LogP contribution in [0.2, 0.25) is 0 Å². The number of hydrogen-bond acceptors (Lipinski definition) is 3.